The number of hydrogen-bond donors (Lipinski definition) is 1. The lowest BCUT2D eigenvalue weighted by molar-refractivity contribution is 0.0469. The minimum absolute atomic E-state index is 0.449. The van der Waals surface area contributed by atoms with Gasteiger partial charge >= 0.3 is 0 Å². The van der Waals surface area contributed by atoms with Crippen molar-refractivity contribution in [3.8, 4) is 0 Å². The van der Waals surface area contributed by atoms with E-state index in [1.54, 1.807) is 12.4 Å². The zero-order valence-electron chi connectivity index (χ0n) is 11.1. The van der Waals surface area contributed by atoms with Crippen LogP contribution in [0.4, 0.5) is 0 Å². The molecule has 1 aromatic heterocycles. The summed E-state index contributed by atoms with van der Waals surface area (Å²) in [6.07, 6.45) is 13.3. The van der Waals surface area contributed by atoms with E-state index in [1.165, 1.54) is 44.9 Å². The third kappa shape index (κ3) is 2.44. The second kappa shape index (κ2) is 5.39. The molecule has 4 nitrogen and oxygen atoms in total. The third-order valence-corrected chi connectivity index (χ3v) is 4.99. The quantitative estimate of drug-likeness (QED) is 0.892. The summed E-state index contributed by atoms with van der Waals surface area (Å²) in [5.74, 6) is 0.888. The molecule has 1 aliphatic heterocycles. The van der Waals surface area contributed by atoms with Crippen molar-refractivity contribution < 1.29 is 0 Å². The summed E-state index contributed by atoms with van der Waals surface area (Å²) in [7, 11) is 0. The molecule has 0 radical (unpaired) electrons. The predicted molar refractivity (Wildman–Crippen MR) is 71.1 cm³/mol. The van der Waals surface area contributed by atoms with E-state index in [1.807, 2.05) is 4.80 Å². The van der Waals surface area contributed by atoms with Gasteiger partial charge in [-0.2, -0.15) is 15.0 Å². The molecular formula is C14H24N4. The van der Waals surface area contributed by atoms with Crippen molar-refractivity contribution in [2.45, 2.75) is 51.5 Å². The molecule has 0 spiro atoms. The maximum atomic E-state index is 4.34. The van der Waals surface area contributed by atoms with E-state index in [-0.39, 0.29) is 0 Å². The van der Waals surface area contributed by atoms with Gasteiger partial charge in [0.25, 0.3) is 0 Å². The molecule has 1 saturated heterocycles. The van der Waals surface area contributed by atoms with Gasteiger partial charge in [-0.05, 0) is 50.1 Å². The molecule has 100 valence electrons. The summed E-state index contributed by atoms with van der Waals surface area (Å²) in [6.45, 7) is 3.35. The number of nitrogens with zero attached hydrogens (tertiary/aromatic N) is 3. The Balaban J connectivity index is 1.78. The van der Waals surface area contributed by atoms with Crippen molar-refractivity contribution in [2.24, 2.45) is 11.3 Å². The highest BCUT2D eigenvalue weighted by molar-refractivity contribution is 4.91. The number of aromatic nitrogens is 3. The Morgan fingerprint density at radius 2 is 1.72 bits per heavy atom. The first-order valence-electron chi connectivity index (χ1n) is 7.44. The number of piperidine rings is 1. The zero-order valence-corrected chi connectivity index (χ0v) is 11.1. The van der Waals surface area contributed by atoms with Crippen LogP contribution in [-0.4, -0.2) is 28.1 Å². The summed E-state index contributed by atoms with van der Waals surface area (Å²) in [5, 5.41) is 12.2. The van der Waals surface area contributed by atoms with Gasteiger partial charge in [-0.1, -0.05) is 19.3 Å². The molecular weight excluding hydrogens is 224 g/mol. The van der Waals surface area contributed by atoms with Gasteiger partial charge in [0.05, 0.1) is 18.9 Å². The smallest absolute Gasteiger partial charge is 0.0693 e. The molecule has 2 fully saturated rings. The average Bonchev–Trinajstić information content (AvgIpc) is 2.94. The Morgan fingerprint density at radius 3 is 2.39 bits per heavy atom. The number of rotatable bonds is 3. The Morgan fingerprint density at radius 1 is 1.06 bits per heavy atom. The molecule has 0 bridgehead atoms. The fourth-order valence-corrected chi connectivity index (χ4v) is 3.94. The molecule has 0 atom stereocenters. The largest absolute Gasteiger partial charge is 0.317 e. The van der Waals surface area contributed by atoms with E-state index in [0.29, 0.717) is 5.41 Å². The molecule has 18 heavy (non-hydrogen) atoms. The van der Waals surface area contributed by atoms with Gasteiger partial charge in [-0.15, -0.1) is 0 Å². The Bertz CT molecular complexity index is 348. The van der Waals surface area contributed by atoms with E-state index < -0.39 is 0 Å². The monoisotopic (exact) mass is 248 g/mol. The summed E-state index contributed by atoms with van der Waals surface area (Å²) in [4.78, 5) is 1.92. The Labute approximate surface area is 109 Å². The maximum Gasteiger partial charge on any atom is 0.0693 e. The van der Waals surface area contributed by atoms with Crippen LogP contribution in [0.2, 0.25) is 0 Å². The van der Waals surface area contributed by atoms with Crippen molar-refractivity contribution in [2.75, 3.05) is 13.1 Å². The second-order valence-corrected chi connectivity index (χ2v) is 6.01. The first kappa shape index (κ1) is 12.2. The van der Waals surface area contributed by atoms with Gasteiger partial charge in [0.1, 0.15) is 0 Å². The Kier molecular flexibility index (Phi) is 3.64. The molecule has 1 N–H and O–H groups in total. The van der Waals surface area contributed by atoms with Gasteiger partial charge in [-0.3, -0.25) is 0 Å². The van der Waals surface area contributed by atoms with Crippen molar-refractivity contribution in [1.82, 2.24) is 20.3 Å². The first-order chi connectivity index (χ1) is 8.89. The lowest BCUT2D eigenvalue weighted by Crippen LogP contribution is -2.45. The normalized spacial score (nSPS) is 25.1. The maximum absolute atomic E-state index is 4.34. The lowest BCUT2D eigenvalue weighted by Gasteiger charge is -2.45. The van der Waals surface area contributed by atoms with Crippen LogP contribution in [0.5, 0.6) is 0 Å². The molecule has 0 aromatic carbocycles. The number of hydrogen-bond acceptors (Lipinski definition) is 3. The van der Waals surface area contributed by atoms with Crippen LogP contribution in [0.3, 0.4) is 0 Å². The minimum atomic E-state index is 0.449. The standard InChI is InChI=1S/C14H24N4/c1-2-4-13(5-3-1)14(6-8-15-9-7-14)12-18-16-10-11-17-18/h10-11,13,15H,1-9,12H2. The van der Waals surface area contributed by atoms with Crippen molar-refractivity contribution in [3.05, 3.63) is 12.4 Å². The topological polar surface area (TPSA) is 42.7 Å². The molecule has 0 amide bonds. The van der Waals surface area contributed by atoms with Crippen molar-refractivity contribution >= 4 is 0 Å². The molecule has 0 unspecified atom stereocenters. The molecule has 1 saturated carbocycles. The van der Waals surface area contributed by atoms with E-state index >= 15 is 0 Å². The molecule has 1 aromatic rings. The first-order valence-corrected chi connectivity index (χ1v) is 7.44. The van der Waals surface area contributed by atoms with Crippen LogP contribution in [0, 0.1) is 11.3 Å². The van der Waals surface area contributed by atoms with Crippen LogP contribution < -0.4 is 5.32 Å². The van der Waals surface area contributed by atoms with Gasteiger partial charge in [0, 0.05) is 0 Å². The zero-order chi connectivity index (χ0) is 12.3. The summed E-state index contributed by atoms with van der Waals surface area (Å²) < 4.78 is 0. The Hall–Kier alpha value is -0.900. The fraction of sp³-hybridized carbons (Fsp3) is 0.857. The average molecular weight is 248 g/mol. The third-order valence-electron chi connectivity index (χ3n) is 4.99. The summed E-state index contributed by atoms with van der Waals surface area (Å²) in [5.41, 5.74) is 0.449. The second-order valence-electron chi connectivity index (χ2n) is 6.01. The molecule has 2 aliphatic rings. The minimum Gasteiger partial charge on any atom is -0.317 e. The van der Waals surface area contributed by atoms with Gasteiger partial charge in [0.2, 0.25) is 0 Å². The highest BCUT2D eigenvalue weighted by Crippen LogP contribution is 2.45. The van der Waals surface area contributed by atoms with Gasteiger partial charge in [0.15, 0.2) is 0 Å². The summed E-state index contributed by atoms with van der Waals surface area (Å²) in [6, 6.07) is 0. The van der Waals surface area contributed by atoms with Crippen molar-refractivity contribution in [1.29, 1.82) is 0 Å². The van der Waals surface area contributed by atoms with Crippen LogP contribution in [-0.2, 0) is 6.54 Å². The molecule has 2 heterocycles. The van der Waals surface area contributed by atoms with E-state index in [4.69, 9.17) is 0 Å². The number of nitrogens with one attached hydrogen (secondary N) is 1. The fourth-order valence-electron chi connectivity index (χ4n) is 3.94. The van der Waals surface area contributed by atoms with Gasteiger partial charge in [-0.25, -0.2) is 0 Å². The van der Waals surface area contributed by atoms with E-state index in [0.717, 1.165) is 25.6 Å². The van der Waals surface area contributed by atoms with Crippen LogP contribution in [0.1, 0.15) is 44.9 Å². The lowest BCUT2D eigenvalue weighted by atomic mass is 9.64. The van der Waals surface area contributed by atoms with E-state index in [9.17, 15) is 0 Å². The predicted octanol–water partition coefficient (Wildman–Crippen LogP) is 2.23. The highest BCUT2D eigenvalue weighted by Gasteiger charge is 2.40. The van der Waals surface area contributed by atoms with Crippen LogP contribution in [0.25, 0.3) is 0 Å². The molecule has 4 heteroatoms. The van der Waals surface area contributed by atoms with Crippen LogP contribution >= 0.6 is 0 Å². The van der Waals surface area contributed by atoms with Crippen molar-refractivity contribution in [3.63, 3.8) is 0 Å². The SMILES string of the molecule is c1cnn(CC2(C3CCCCC3)CCNCC2)n1. The molecule has 1 aliphatic carbocycles. The summed E-state index contributed by atoms with van der Waals surface area (Å²) >= 11 is 0. The molecule has 3 rings (SSSR count). The van der Waals surface area contributed by atoms with Crippen LogP contribution in [0.15, 0.2) is 12.4 Å². The van der Waals surface area contributed by atoms with E-state index in [2.05, 4.69) is 15.5 Å². The van der Waals surface area contributed by atoms with Gasteiger partial charge < -0.3 is 5.32 Å². The highest BCUT2D eigenvalue weighted by atomic mass is 15.5.